The number of nitrogens with zero attached hydrogens (tertiary/aromatic N) is 2. The first-order chi connectivity index (χ1) is 9.40. The number of benzene rings is 1. The molecule has 0 unspecified atom stereocenters. The molecule has 6 nitrogen and oxygen atoms in total. The molecule has 1 heterocycles. The molecule has 0 aliphatic rings. The van der Waals surface area contributed by atoms with Gasteiger partial charge >= 0.3 is 12.8 Å². The molecule has 2 N–H and O–H groups in total. The van der Waals surface area contributed by atoms with Crippen molar-refractivity contribution in [3.05, 3.63) is 62.7 Å². The van der Waals surface area contributed by atoms with E-state index in [-0.39, 0.29) is 17.6 Å². The lowest BCUT2D eigenvalue weighted by Crippen LogP contribution is -2.38. The number of hydrogen-bond acceptors (Lipinski definition) is 4. The molecule has 0 fully saturated rings. The quantitative estimate of drug-likeness (QED) is 0.663. The van der Waals surface area contributed by atoms with Crippen molar-refractivity contribution in [3.63, 3.8) is 0 Å². The zero-order valence-corrected chi connectivity index (χ0v) is 10.7. The van der Waals surface area contributed by atoms with Crippen molar-refractivity contribution < 1.29 is 14.4 Å². The van der Waals surface area contributed by atoms with Gasteiger partial charge in [-0.25, -0.2) is 9.18 Å². The Bertz CT molecular complexity index is 754. The molecule has 2 aromatic rings. The molecule has 0 saturated heterocycles. The minimum Gasteiger partial charge on any atom is -0.423 e. The van der Waals surface area contributed by atoms with Gasteiger partial charge in [0.1, 0.15) is 5.82 Å². The van der Waals surface area contributed by atoms with Crippen molar-refractivity contribution in [1.29, 1.82) is 0 Å². The Morgan fingerprint density at radius 3 is 2.55 bits per heavy atom. The van der Waals surface area contributed by atoms with E-state index in [1.807, 2.05) is 0 Å². The molecule has 2 rings (SSSR count). The van der Waals surface area contributed by atoms with Crippen LogP contribution in [0.15, 0.2) is 40.1 Å². The van der Waals surface area contributed by atoms with Crippen LogP contribution in [0.5, 0.6) is 0 Å². The van der Waals surface area contributed by atoms with Gasteiger partial charge in [0.05, 0.1) is 6.54 Å². The van der Waals surface area contributed by atoms with Crippen LogP contribution in [0.4, 0.5) is 4.39 Å². The van der Waals surface area contributed by atoms with Crippen LogP contribution in [-0.2, 0) is 13.6 Å². The maximum Gasteiger partial charge on any atom is 0.488 e. The molecule has 1 aromatic carbocycles. The van der Waals surface area contributed by atoms with Gasteiger partial charge in [-0.1, -0.05) is 12.1 Å². The van der Waals surface area contributed by atoms with Gasteiger partial charge in [-0.05, 0) is 11.5 Å². The third-order valence-electron chi connectivity index (χ3n) is 2.94. The lowest BCUT2D eigenvalue weighted by molar-refractivity contribution is 0.425. The highest BCUT2D eigenvalue weighted by atomic mass is 19.1. The summed E-state index contributed by atoms with van der Waals surface area (Å²) in [6, 6.07) is 4.80. The summed E-state index contributed by atoms with van der Waals surface area (Å²) in [5.41, 5.74) is -0.971. The molecule has 0 aliphatic carbocycles. The van der Waals surface area contributed by atoms with E-state index >= 15 is 0 Å². The second kappa shape index (κ2) is 5.44. The first-order valence-electron chi connectivity index (χ1n) is 5.81. The van der Waals surface area contributed by atoms with E-state index in [1.54, 1.807) is 0 Å². The van der Waals surface area contributed by atoms with Gasteiger partial charge < -0.3 is 14.6 Å². The molecule has 20 heavy (non-hydrogen) atoms. The van der Waals surface area contributed by atoms with Gasteiger partial charge in [0.25, 0.3) is 5.56 Å². The minimum absolute atomic E-state index is 0.000406. The average molecular weight is 278 g/mol. The Hall–Kier alpha value is -2.19. The minimum atomic E-state index is -1.77. The van der Waals surface area contributed by atoms with Crippen molar-refractivity contribution in [2.45, 2.75) is 6.54 Å². The lowest BCUT2D eigenvalue weighted by atomic mass is 9.80. The number of aromatic nitrogens is 2. The van der Waals surface area contributed by atoms with Crippen molar-refractivity contribution in [2.75, 3.05) is 0 Å². The van der Waals surface area contributed by atoms with Crippen LogP contribution < -0.4 is 16.7 Å². The van der Waals surface area contributed by atoms with E-state index in [0.717, 1.165) is 10.6 Å². The van der Waals surface area contributed by atoms with Crippen LogP contribution in [0.1, 0.15) is 5.56 Å². The van der Waals surface area contributed by atoms with Crippen LogP contribution in [0.3, 0.4) is 0 Å². The summed E-state index contributed by atoms with van der Waals surface area (Å²) in [4.78, 5) is 23.4. The van der Waals surface area contributed by atoms with Crippen LogP contribution in [0, 0.1) is 5.82 Å². The highest BCUT2D eigenvalue weighted by molar-refractivity contribution is 6.58. The third-order valence-corrected chi connectivity index (χ3v) is 2.94. The zero-order chi connectivity index (χ0) is 14.9. The van der Waals surface area contributed by atoms with E-state index in [1.165, 1.54) is 36.0 Å². The summed E-state index contributed by atoms with van der Waals surface area (Å²) in [5.74, 6) is -0.714. The van der Waals surface area contributed by atoms with Gasteiger partial charge in [0.15, 0.2) is 0 Å². The van der Waals surface area contributed by atoms with Gasteiger partial charge in [0.2, 0.25) is 0 Å². The van der Waals surface area contributed by atoms with Gasteiger partial charge in [0, 0.05) is 24.9 Å². The maximum atomic E-state index is 13.8. The molecule has 0 aliphatic heterocycles. The fourth-order valence-electron chi connectivity index (χ4n) is 1.78. The molecule has 0 amide bonds. The van der Waals surface area contributed by atoms with E-state index in [9.17, 15) is 14.0 Å². The van der Waals surface area contributed by atoms with Gasteiger partial charge in [-0.2, -0.15) is 0 Å². The third kappa shape index (κ3) is 2.71. The summed E-state index contributed by atoms with van der Waals surface area (Å²) >= 11 is 0. The van der Waals surface area contributed by atoms with E-state index in [0.29, 0.717) is 0 Å². The number of halogens is 1. The zero-order valence-electron chi connectivity index (χ0n) is 10.7. The predicted molar refractivity (Wildman–Crippen MR) is 71.3 cm³/mol. The largest absolute Gasteiger partial charge is 0.488 e. The van der Waals surface area contributed by atoms with Crippen LogP contribution in [0.2, 0.25) is 0 Å². The predicted octanol–water partition coefficient (Wildman–Crippen LogP) is -1.59. The van der Waals surface area contributed by atoms with Crippen molar-refractivity contribution >= 4 is 12.6 Å². The number of hydrogen-bond donors (Lipinski definition) is 2. The van der Waals surface area contributed by atoms with E-state index < -0.39 is 24.2 Å². The first kappa shape index (κ1) is 14.2. The van der Waals surface area contributed by atoms with E-state index in [2.05, 4.69) is 0 Å². The number of aryl methyl sites for hydroxylation is 1. The molecular formula is C12H12BFN2O4. The molecule has 0 spiro atoms. The Labute approximate surface area is 113 Å². The summed E-state index contributed by atoms with van der Waals surface area (Å²) in [6.45, 7) is -0.222. The number of rotatable bonds is 3. The van der Waals surface area contributed by atoms with Crippen LogP contribution in [0.25, 0.3) is 0 Å². The SMILES string of the molecule is Cn1ccc(=O)n(Cc2ccc(B(O)O)cc2F)c1=O. The summed E-state index contributed by atoms with van der Waals surface area (Å²) in [7, 11) is -0.286. The normalized spacial score (nSPS) is 10.6. The fraction of sp³-hybridized carbons (Fsp3) is 0.167. The summed E-state index contributed by atoms with van der Waals surface area (Å²) < 4.78 is 15.9. The van der Waals surface area contributed by atoms with E-state index in [4.69, 9.17) is 10.0 Å². The Balaban J connectivity index is 2.44. The van der Waals surface area contributed by atoms with Crippen molar-refractivity contribution in [1.82, 2.24) is 9.13 Å². The standard InChI is InChI=1S/C12H12BFN2O4/c1-15-5-4-11(17)16(12(15)18)7-8-2-3-9(13(19)20)6-10(8)14/h2-6,19-20H,7H2,1H3. The van der Waals surface area contributed by atoms with Gasteiger partial charge in [-0.15, -0.1) is 0 Å². The second-order valence-electron chi connectivity index (χ2n) is 4.36. The Morgan fingerprint density at radius 1 is 1.25 bits per heavy atom. The molecule has 104 valence electrons. The summed E-state index contributed by atoms with van der Waals surface area (Å²) in [6.07, 6.45) is 1.34. The maximum absolute atomic E-state index is 13.8. The molecular weight excluding hydrogens is 266 g/mol. The van der Waals surface area contributed by atoms with Crippen molar-refractivity contribution in [2.24, 2.45) is 7.05 Å². The highest BCUT2D eigenvalue weighted by Gasteiger charge is 2.14. The highest BCUT2D eigenvalue weighted by Crippen LogP contribution is 2.05. The molecule has 1 aromatic heterocycles. The smallest absolute Gasteiger partial charge is 0.423 e. The topological polar surface area (TPSA) is 84.5 Å². The van der Waals surface area contributed by atoms with Crippen molar-refractivity contribution in [3.8, 4) is 0 Å². The Morgan fingerprint density at radius 2 is 1.95 bits per heavy atom. The molecule has 0 atom stereocenters. The molecule has 0 saturated carbocycles. The van der Waals surface area contributed by atoms with Crippen LogP contribution >= 0.6 is 0 Å². The van der Waals surface area contributed by atoms with Crippen LogP contribution in [-0.4, -0.2) is 26.3 Å². The molecule has 8 heteroatoms. The molecule has 0 bridgehead atoms. The van der Waals surface area contributed by atoms with Gasteiger partial charge in [-0.3, -0.25) is 9.36 Å². The monoisotopic (exact) mass is 278 g/mol. The fourth-order valence-corrected chi connectivity index (χ4v) is 1.78. The summed E-state index contributed by atoms with van der Waals surface area (Å²) in [5, 5.41) is 17.9. The lowest BCUT2D eigenvalue weighted by Gasteiger charge is -2.08. The molecule has 0 radical (unpaired) electrons. The second-order valence-corrected chi connectivity index (χ2v) is 4.36. The average Bonchev–Trinajstić information content (AvgIpc) is 2.40. The Kier molecular flexibility index (Phi) is 3.87. The first-order valence-corrected chi connectivity index (χ1v) is 5.81.